The Morgan fingerprint density at radius 2 is 2.08 bits per heavy atom. The number of rotatable bonds is 6. The number of benzene rings is 2. The van der Waals surface area contributed by atoms with Crippen molar-refractivity contribution < 1.29 is 18.8 Å². The van der Waals surface area contributed by atoms with Gasteiger partial charge in [-0.3, -0.25) is 14.9 Å². The second-order valence-electron chi connectivity index (χ2n) is 5.47. The summed E-state index contributed by atoms with van der Waals surface area (Å²) in [7, 11) is 1.47. The molecule has 0 heterocycles. The molecule has 0 radical (unpaired) electrons. The van der Waals surface area contributed by atoms with E-state index >= 15 is 0 Å². The third-order valence-electron chi connectivity index (χ3n) is 3.55. The highest BCUT2D eigenvalue weighted by Gasteiger charge is 2.19. The summed E-state index contributed by atoms with van der Waals surface area (Å²) in [6.45, 7) is 1.27. The number of ether oxygens (including phenoxy) is 1. The average Bonchev–Trinajstić information content (AvgIpc) is 2.56. The lowest BCUT2D eigenvalue weighted by atomic mass is 10.2. The fraction of sp³-hybridized carbons (Fsp3) is 0.235. The van der Waals surface area contributed by atoms with Gasteiger partial charge < -0.3 is 9.64 Å². The molecule has 25 heavy (non-hydrogen) atoms. The van der Waals surface area contributed by atoms with Crippen LogP contribution in [0.15, 0.2) is 36.4 Å². The Balaban J connectivity index is 2.04. The topological polar surface area (TPSA) is 72.7 Å². The highest BCUT2D eigenvalue weighted by atomic mass is 35.5. The number of halogens is 2. The van der Waals surface area contributed by atoms with Crippen molar-refractivity contribution in [1.29, 1.82) is 0 Å². The van der Waals surface area contributed by atoms with E-state index in [1.165, 1.54) is 42.3 Å². The van der Waals surface area contributed by atoms with Gasteiger partial charge in [0.25, 0.3) is 5.91 Å². The summed E-state index contributed by atoms with van der Waals surface area (Å²) in [4.78, 5) is 23.9. The third-order valence-corrected chi connectivity index (χ3v) is 3.90. The summed E-state index contributed by atoms with van der Waals surface area (Å²) in [6.07, 6.45) is 0. The number of nitrogens with zero attached hydrogens (tertiary/aromatic N) is 2. The van der Waals surface area contributed by atoms with Gasteiger partial charge in [0.15, 0.2) is 12.4 Å². The van der Waals surface area contributed by atoms with Crippen molar-refractivity contribution in [2.75, 3.05) is 13.7 Å². The Bertz CT molecular complexity index is 793. The second-order valence-corrected chi connectivity index (χ2v) is 5.87. The van der Waals surface area contributed by atoms with Crippen LogP contribution in [0.25, 0.3) is 0 Å². The molecule has 1 amide bonds. The van der Waals surface area contributed by atoms with E-state index < -0.39 is 23.3 Å². The molecular weight excluding hydrogens is 351 g/mol. The molecule has 2 aromatic rings. The van der Waals surface area contributed by atoms with Crippen molar-refractivity contribution in [3.05, 3.63) is 68.5 Å². The first-order valence-electron chi connectivity index (χ1n) is 7.34. The zero-order valence-electron chi connectivity index (χ0n) is 13.7. The monoisotopic (exact) mass is 366 g/mol. The van der Waals surface area contributed by atoms with E-state index in [9.17, 15) is 19.3 Å². The molecule has 2 aromatic carbocycles. The van der Waals surface area contributed by atoms with Gasteiger partial charge in [0.05, 0.1) is 4.92 Å². The number of amides is 1. The molecular formula is C17H16ClFN2O4. The summed E-state index contributed by atoms with van der Waals surface area (Å²) in [5.74, 6) is -0.974. The molecule has 0 atom stereocenters. The van der Waals surface area contributed by atoms with Crippen molar-refractivity contribution in [3.63, 3.8) is 0 Å². The van der Waals surface area contributed by atoms with Crippen LogP contribution in [0.4, 0.5) is 10.1 Å². The van der Waals surface area contributed by atoms with Crippen molar-refractivity contribution in [2.24, 2.45) is 0 Å². The Morgan fingerprint density at radius 1 is 1.36 bits per heavy atom. The second kappa shape index (κ2) is 7.94. The van der Waals surface area contributed by atoms with Gasteiger partial charge in [-0.25, -0.2) is 4.39 Å². The molecule has 6 nitrogen and oxygen atoms in total. The van der Waals surface area contributed by atoms with Gasteiger partial charge in [-0.05, 0) is 30.7 Å². The van der Waals surface area contributed by atoms with Gasteiger partial charge >= 0.3 is 5.69 Å². The number of carbonyl (C=O) groups excluding carboxylic acids is 1. The van der Waals surface area contributed by atoms with E-state index in [1.54, 1.807) is 13.0 Å². The van der Waals surface area contributed by atoms with Gasteiger partial charge in [-0.1, -0.05) is 23.7 Å². The zero-order valence-corrected chi connectivity index (χ0v) is 14.4. The summed E-state index contributed by atoms with van der Waals surface area (Å²) in [5, 5.41) is 11.3. The van der Waals surface area contributed by atoms with Crippen LogP contribution in [0.5, 0.6) is 5.75 Å². The lowest BCUT2D eigenvalue weighted by molar-refractivity contribution is -0.385. The normalized spacial score (nSPS) is 10.4. The van der Waals surface area contributed by atoms with E-state index in [4.69, 9.17) is 16.3 Å². The fourth-order valence-electron chi connectivity index (χ4n) is 2.15. The maximum absolute atomic E-state index is 13.8. The summed E-state index contributed by atoms with van der Waals surface area (Å²) in [5.41, 5.74) is 0.686. The number of likely N-dealkylation sites (N-methyl/N-ethyl adjacent to an activating group) is 1. The average molecular weight is 367 g/mol. The third kappa shape index (κ3) is 4.67. The maximum Gasteiger partial charge on any atom is 0.311 e. The molecule has 0 saturated carbocycles. The molecule has 0 spiro atoms. The molecule has 0 aliphatic rings. The number of hydrogen-bond acceptors (Lipinski definition) is 4. The molecule has 2 rings (SSSR count). The molecule has 0 saturated heterocycles. The minimum absolute atomic E-state index is 0.00118. The van der Waals surface area contributed by atoms with Crippen LogP contribution in [-0.4, -0.2) is 29.4 Å². The van der Waals surface area contributed by atoms with E-state index in [0.29, 0.717) is 5.56 Å². The van der Waals surface area contributed by atoms with Crippen LogP contribution in [0.3, 0.4) is 0 Å². The van der Waals surface area contributed by atoms with Crippen LogP contribution in [0.2, 0.25) is 5.02 Å². The van der Waals surface area contributed by atoms with Gasteiger partial charge in [0.1, 0.15) is 5.82 Å². The van der Waals surface area contributed by atoms with Gasteiger partial charge in [-0.15, -0.1) is 0 Å². The smallest absolute Gasteiger partial charge is 0.311 e. The van der Waals surface area contributed by atoms with Crippen molar-refractivity contribution >= 4 is 23.2 Å². The molecule has 0 aromatic heterocycles. The van der Waals surface area contributed by atoms with Gasteiger partial charge in [0.2, 0.25) is 0 Å². The first kappa shape index (κ1) is 18.7. The SMILES string of the molecule is Cc1ccc(OCC(=O)N(C)Cc2c(F)cccc2Cl)c([N+](=O)[O-])c1. The minimum Gasteiger partial charge on any atom is -0.477 e. The van der Waals surface area contributed by atoms with E-state index in [0.717, 1.165) is 0 Å². The molecule has 132 valence electrons. The molecule has 8 heteroatoms. The summed E-state index contributed by atoms with van der Waals surface area (Å²) < 4.78 is 19.1. The molecule has 0 fully saturated rings. The predicted molar refractivity (Wildman–Crippen MR) is 91.2 cm³/mol. The maximum atomic E-state index is 13.8. The van der Waals surface area contributed by atoms with Crippen LogP contribution in [0, 0.1) is 22.9 Å². The van der Waals surface area contributed by atoms with Crippen molar-refractivity contribution in [2.45, 2.75) is 13.5 Å². The zero-order chi connectivity index (χ0) is 18.6. The predicted octanol–water partition coefficient (Wildman–Crippen LogP) is 3.73. The molecule has 0 N–H and O–H groups in total. The number of nitro benzene ring substituents is 1. The standard InChI is InChI=1S/C17H16ClFN2O4/c1-11-6-7-16(15(8-11)21(23)24)25-10-17(22)20(2)9-12-13(18)4-3-5-14(12)19/h3-8H,9-10H2,1-2H3. The summed E-state index contributed by atoms with van der Waals surface area (Å²) >= 11 is 5.94. The van der Waals surface area contributed by atoms with Crippen molar-refractivity contribution in [1.82, 2.24) is 4.90 Å². The van der Waals surface area contributed by atoms with Crippen LogP contribution < -0.4 is 4.74 Å². The Morgan fingerprint density at radius 3 is 2.72 bits per heavy atom. The van der Waals surface area contributed by atoms with Gasteiger partial charge in [-0.2, -0.15) is 0 Å². The quantitative estimate of drug-likeness (QED) is 0.576. The van der Waals surface area contributed by atoms with E-state index in [1.807, 2.05) is 0 Å². The number of carbonyl (C=O) groups is 1. The lowest BCUT2D eigenvalue weighted by Gasteiger charge is -2.18. The first-order chi connectivity index (χ1) is 11.8. The highest BCUT2D eigenvalue weighted by Crippen LogP contribution is 2.27. The number of nitro groups is 1. The molecule has 0 aliphatic heterocycles. The number of aryl methyl sites for hydroxylation is 1. The highest BCUT2D eigenvalue weighted by molar-refractivity contribution is 6.31. The number of hydrogen-bond donors (Lipinski definition) is 0. The van der Waals surface area contributed by atoms with Crippen LogP contribution >= 0.6 is 11.6 Å². The molecule has 0 unspecified atom stereocenters. The fourth-order valence-corrected chi connectivity index (χ4v) is 2.37. The Labute approximate surface area is 148 Å². The lowest BCUT2D eigenvalue weighted by Crippen LogP contribution is -2.31. The van der Waals surface area contributed by atoms with E-state index in [-0.39, 0.29) is 28.6 Å². The largest absolute Gasteiger partial charge is 0.477 e. The van der Waals surface area contributed by atoms with Crippen LogP contribution in [0.1, 0.15) is 11.1 Å². The van der Waals surface area contributed by atoms with Gasteiger partial charge in [0, 0.05) is 30.2 Å². The first-order valence-corrected chi connectivity index (χ1v) is 7.72. The Kier molecular flexibility index (Phi) is 5.93. The van der Waals surface area contributed by atoms with Crippen molar-refractivity contribution in [3.8, 4) is 5.75 Å². The Hall–Kier alpha value is -2.67. The molecule has 0 bridgehead atoms. The minimum atomic E-state index is -0.574. The summed E-state index contributed by atoms with van der Waals surface area (Å²) in [6, 6.07) is 8.71. The van der Waals surface area contributed by atoms with E-state index in [2.05, 4.69) is 0 Å². The molecule has 0 aliphatic carbocycles. The van der Waals surface area contributed by atoms with Crippen LogP contribution in [-0.2, 0) is 11.3 Å².